The van der Waals surface area contributed by atoms with Crippen LogP contribution >= 0.6 is 15.9 Å². The molecule has 2 aromatic heterocycles. The summed E-state index contributed by atoms with van der Waals surface area (Å²) in [6, 6.07) is 9.04. The van der Waals surface area contributed by atoms with Crippen molar-refractivity contribution < 1.29 is 8.78 Å². The van der Waals surface area contributed by atoms with Crippen molar-refractivity contribution in [2.45, 2.75) is 0 Å². The minimum atomic E-state index is -0.951. The number of rotatable bonds is 1. The second-order valence-electron chi connectivity index (χ2n) is 4.13. The second-order valence-corrected chi connectivity index (χ2v) is 5.04. The number of nitriles is 1. The molecular weight excluding hydrogens is 328 g/mol. The first-order valence-electron chi connectivity index (χ1n) is 5.63. The molecule has 0 spiro atoms. The number of imidazole rings is 1. The number of halogens is 3. The highest BCUT2D eigenvalue weighted by molar-refractivity contribution is 9.10. The Morgan fingerprint density at radius 2 is 1.95 bits per heavy atom. The topological polar surface area (TPSA) is 41.1 Å². The maximum absolute atomic E-state index is 13.3. The van der Waals surface area contributed by atoms with E-state index in [2.05, 4.69) is 20.9 Å². The summed E-state index contributed by atoms with van der Waals surface area (Å²) in [4.78, 5) is 4.18. The first-order chi connectivity index (χ1) is 9.60. The molecule has 0 N–H and O–H groups in total. The summed E-state index contributed by atoms with van der Waals surface area (Å²) in [5.74, 6) is -1.49. The number of nitrogens with zero attached hydrogens (tertiary/aromatic N) is 3. The van der Waals surface area contributed by atoms with Crippen molar-refractivity contribution in [2.24, 2.45) is 0 Å². The van der Waals surface area contributed by atoms with Crippen LogP contribution in [0, 0.1) is 23.0 Å². The lowest BCUT2D eigenvalue weighted by molar-refractivity contribution is 0.509. The van der Waals surface area contributed by atoms with Crippen LogP contribution < -0.4 is 0 Å². The molecule has 98 valence electrons. The summed E-state index contributed by atoms with van der Waals surface area (Å²) < 4.78 is 28.8. The number of aromatic nitrogens is 2. The van der Waals surface area contributed by atoms with E-state index in [1.165, 1.54) is 6.07 Å². The highest BCUT2D eigenvalue weighted by Crippen LogP contribution is 2.25. The van der Waals surface area contributed by atoms with Crippen molar-refractivity contribution in [3.8, 4) is 17.5 Å². The molecule has 0 aliphatic rings. The fourth-order valence-electron chi connectivity index (χ4n) is 1.98. The van der Waals surface area contributed by atoms with Gasteiger partial charge in [-0.15, -0.1) is 0 Å². The lowest BCUT2D eigenvalue weighted by atomic mass is 10.2. The molecule has 20 heavy (non-hydrogen) atoms. The van der Waals surface area contributed by atoms with Crippen LogP contribution in [0.25, 0.3) is 16.9 Å². The first kappa shape index (κ1) is 12.8. The molecule has 0 amide bonds. The van der Waals surface area contributed by atoms with Crippen LogP contribution in [0.2, 0.25) is 0 Å². The predicted octanol–water partition coefficient (Wildman–Crippen LogP) is 3.91. The lowest BCUT2D eigenvalue weighted by Crippen LogP contribution is -1.91. The van der Waals surface area contributed by atoms with Crippen LogP contribution in [0.4, 0.5) is 8.78 Å². The SMILES string of the molecule is N#Cc1nc(-c2ccc(F)c(F)c2)n2cc(Br)ccc12. The highest BCUT2D eigenvalue weighted by atomic mass is 79.9. The van der Waals surface area contributed by atoms with E-state index >= 15 is 0 Å². The van der Waals surface area contributed by atoms with E-state index in [1.807, 2.05) is 6.07 Å². The Hall–Kier alpha value is -2.26. The molecule has 1 aromatic carbocycles. The second kappa shape index (κ2) is 4.69. The summed E-state index contributed by atoms with van der Waals surface area (Å²) in [6.45, 7) is 0. The lowest BCUT2D eigenvalue weighted by Gasteiger charge is -2.02. The van der Waals surface area contributed by atoms with Gasteiger partial charge in [0.1, 0.15) is 11.9 Å². The van der Waals surface area contributed by atoms with Gasteiger partial charge in [0.15, 0.2) is 17.3 Å². The molecule has 0 unspecified atom stereocenters. The number of benzene rings is 1. The third kappa shape index (κ3) is 1.96. The third-order valence-electron chi connectivity index (χ3n) is 2.88. The van der Waals surface area contributed by atoms with Gasteiger partial charge in [0.05, 0.1) is 5.52 Å². The van der Waals surface area contributed by atoms with Crippen molar-refractivity contribution in [3.05, 3.63) is 58.3 Å². The van der Waals surface area contributed by atoms with Gasteiger partial charge >= 0.3 is 0 Å². The molecule has 0 saturated heterocycles. The molecule has 0 radical (unpaired) electrons. The fourth-order valence-corrected chi connectivity index (χ4v) is 2.32. The first-order valence-corrected chi connectivity index (χ1v) is 6.42. The fraction of sp³-hybridized carbons (Fsp3) is 0. The van der Waals surface area contributed by atoms with Gasteiger partial charge in [-0.25, -0.2) is 13.8 Å². The van der Waals surface area contributed by atoms with Gasteiger partial charge in [-0.3, -0.25) is 4.40 Å². The van der Waals surface area contributed by atoms with Crippen LogP contribution in [0.1, 0.15) is 5.69 Å². The number of hydrogen-bond acceptors (Lipinski definition) is 2. The molecule has 0 saturated carbocycles. The molecule has 0 aliphatic carbocycles. The quantitative estimate of drug-likeness (QED) is 0.677. The molecule has 3 nitrogen and oxygen atoms in total. The van der Waals surface area contributed by atoms with E-state index in [9.17, 15) is 8.78 Å². The Morgan fingerprint density at radius 1 is 1.15 bits per heavy atom. The minimum Gasteiger partial charge on any atom is -0.297 e. The van der Waals surface area contributed by atoms with Crippen molar-refractivity contribution >= 4 is 21.4 Å². The minimum absolute atomic E-state index is 0.234. The average Bonchev–Trinajstić information content (AvgIpc) is 2.79. The largest absolute Gasteiger partial charge is 0.297 e. The average molecular weight is 334 g/mol. The maximum atomic E-state index is 13.3. The molecule has 0 atom stereocenters. The normalized spacial score (nSPS) is 10.7. The van der Waals surface area contributed by atoms with E-state index in [-0.39, 0.29) is 5.69 Å². The van der Waals surface area contributed by atoms with Crippen molar-refractivity contribution in [2.75, 3.05) is 0 Å². The summed E-state index contributed by atoms with van der Waals surface area (Å²) in [5.41, 5.74) is 1.24. The molecule has 0 aliphatic heterocycles. The van der Waals surface area contributed by atoms with Crippen molar-refractivity contribution in [3.63, 3.8) is 0 Å². The summed E-state index contributed by atoms with van der Waals surface area (Å²) in [7, 11) is 0. The van der Waals surface area contributed by atoms with E-state index in [1.54, 1.807) is 22.7 Å². The highest BCUT2D eigenvalue weighted by Gasteiger charge is 2.14. The van der Waals surface area contributed by atoms with Crippen molar-refractivity contribution in [1.29, 1.82) is 5.26 Å². The zero-order valence-corrected chi connectivity index (χ0v) is 11.5. The maximum Gasteiger partial charge on any atom is 0.166 e. The number of pyridine rings is 1. The van der Waals surface area contributed by atoms with Gasteiger partial charge in [0.2, 0.25) is 0 Å². The van der Waals surface area contributed by atoms with Crippen molar-refractivity contribution in [1.82, 2.24) is 9.38 Å². The Bertz CT molecular complexity index is 865. The Balaban J connectivity index is 2.33. The zero-order chi connectivity index (χ0) is 14.3. The molecule has 3 rings (SSSR count). The smallest absolute Gasteiger partial charge is 0.166 e. The molecule has 6 heteroatoms. The summed E-state index contributed by atoms with van der Waals surface area (Å²) in [5, 5.41) is 9.09. The summed E-state index contributed by atoms with van der Waals surface area (Å²) >= 11 is 3.33. The van der Waals surface area contributed by atoms with Crippen LogP contribution in [0.15, 0.2) is 41.0 Å². The summed E-state index contributed by atoms with van der Waals surface area (Å²) in [6.07, 6.45) is 1.72. The standard InChI is InChI=1S/C14H6BrF2N3/c15-9-2-4-13-12(6-18)19-14(20(13)7-9)8-1-3-10(16)11(17)5-8/h1-5,7H. The van der Waals surface area contributed by atoms with Crippen LogP contribution in [0.5, 0.6) is 0 Å². The molecule has 0 bridgehead atoms. The van der Waals surface area contributed by atoms with Gasteiger partial charge < -0.3 is 0 Å². The van der Waals surface area contributed by atoms with E-state index < -0.39 is 11.6 Å². The van der Waals surface area contributed by atoms with Gasteiger partial charge in [-0.2, -0.15) is 5.26 Å². The third-order valence-corrected chi connectivity index (χ3v) is 3.35. The monoisotopic (exact) mass is 333 g/mol. The molecule has 2 heterocycles. The molecular formula is C14H6BrF2N3. The predicted molar refractivity (Wildman–Crippen MR) is 73.0 cm³/mol. The zero-order valence-electron chi connectivity index (χ0n) is 9.94. The number of hydrogen-bond donors (Lipinski definition) is 0. The van der Waals surface area contributed by atoms with E-state index in [0.717, 1.165) is 16.6 Å². The molecule has 0 fully saturated rings. The number of fused-ring (bicyclic) bond motifs is 1. The van der Waals surface area contributed by atoms with Crippen LogP contribution in [0.3, 0.4) is 0 Å². The van der Waals surface area contributed by atoms with Gasteiger partial charge in [0, 0.05) is 16.2 Å². The Morgan fingerprint density at radius 3 is 2.65 bits per heavy atom. The van der Waals surface area contributed by atoms with Gasteiger partial charge in [-0.05, 0) is 46.3 Å². The van der Waals surface area contributed by atoms with Gasteiger partial charge in [0.25, 0.3) is 0 Å². The Kier molecular flexibility index (Phi) is 2.99. The Labute approximate surface area is 121 Å². The van der Waals surface area contributed by atoms with Crippen LogP contribution in [-0.4, -0.2) is 9.38 Å². The van der Waals surface area contributed by atoms with Gasteiger partial charge in [-0.1, -0.05) is 0 Å². The molecule has 3 aromatic rings. The van der Waals surface area contributed by atoms with Crippen LogP contribution in [-0.2, 0) is 0 Å². The van der Waals surface area contributed by atoms with E-state index in [0.29, 0.717) is 16.9 Å². The van der Waals surface area contributed by atoms with E-state index in [4.69, 9.17) is 5.26 Å².